The van der Waals surface area contributed by atoms with Crippen LogP contribution in [0.4, 0.5) is 0 Å². The molecule has 0 aliphatic carbocycles. The van der Waals surface area contributed by atoms with Gasteiger partial charge >= 0.3 is 5.97 Å². The zero-order valence-corrected chi connectivity index (χ0v) is 15.2. The number of nitrogens with zero attached hydrogens (tertiary/aromatic N) is 1. The fourth-order valence-corrected chi connectivity index (χ4v) is 4.29. The Morgan fingerprint density at radius 3 is 2.46 bits per heavy atom. The summed E-state index contributed by atoms with van der Waals surface area (Å²) in [5.74, 6) is -2.50. The maximum absolute atomic E-state index is 12.9. The molecule has 2 heterocycles. The molecule has 0 saturated carbocycles. The number of carbonyl (C=O) groups excluding carboxylic acids is 3. The minimum absolute atomic E-state index is 0.111. The zero-order valence-electron chi connectivity index (χ0n) is 15.2. The summed E-state index contributed by atoms with van der Waals surface area (Å²) in [5, 5.41) is 12.8. The molecule has 2 aliphatic rings. The van der Waals surface area contributed by atoms with Crippen molar-refractivity contribution in [2.75, 3.05) is 13.7 Å². The Hall–Kier alpha value is -2.41. The Labute approximate surface area is 152 Å². The minimum atomic E-state index is -1.23. The first-order valence-corrected chi connectivity index (χ1v) is 8.92. The van der Waals surface area contributed by atoms with Gasteiger partial charge in [0.15, 0.2) is 0 Å². The van der Waals surface area contributed by atoms with Crippen LogP contribution in [0, 0.1) is 11.8 Å². The third-order valence-corrected chi connectivity index (χ3v) is 5.41. The van der Waals surface area contributed by atoms with Crippen molar-refractivity contribution in [2.45, 2.75) is 38.3 Å². The Bertz CT molecular complexity index is 732. The molecule has 7 heteroatoms. The summed E-state index contributed by atoms with van der Waals surface area (Å²) >= 11 is 0. The molecule has 2 fully saturated rings. The lowest BCUT2D eigenvalue weighted by molar-refractivity contribution is -0.156. The second-order valence-electron chi connectivity index (χ2n) is 6.89. The van der Waals surface area contributed by atoms with E-state index < -0.39 is 29.4 Å². The second kappa shape index (κ2) is 6.72. The minimum Gasteiger partial charge on any atom is -0.508 e. The number of amides is 2. The van der Waals surface area contributed by atoms with Crippen LogP contribution in [0.15, 0.2) is 24.3 Å². The van der Waals surface area contributed by atoms with Crippen LogP contribution in [0.3, 0.4) is 0 Å². The summed E-state index contributed by atoms with van der Waals surface area (Å²) in [4.78, 5) is 39.6. The SMILES string of the molecule is CCC[C@]1(C(=O)OCC)N[C@H](c2ccc(O)cc2)[C@H]2C(=O)N(C)C(=O)[C@@H]21. The van der Waals surface area contributed by atoms with Crippen LogP contribution in [0.2, 0.25) is 0 Å². The molecule has 0 radical (unpaired) electrons. The van der Waals surface area contributed by atoms with Gasteiger partial charge in [-0.15, -0.1) is 0 Å². The molecular weight excluding hydrogens is 336 g/mol. The number of hydrogen-bond acceptors (Lipinski definition) is 6. The number of ether oxygens (including phenoxy) is 1. The molecule has 140 valence electrons. The van der Waals surface area contributed by atoms with Gasteiger partial charge in [0, 0.05) is 13.1 Å². The molecule has 4 atom stereocenters. The summed E-state index contributed by atoms with van der Waals surface area (Å²) in [6.45, 7) is 3.84. The lowest BCUT2D eigenvalue weighted by atomic mass is 9.77. The molecular formula is C19H24N2O5. The molecule has 26 heavy (non-hydrogen) atoms. The highest BCUT2D eigenvalue weighted by Crippen LogP contribution is 2.50. The third-order valence-electron chi connectivity index (χ3n) is 5.41. The molecule has 2 N–H and O–H groups in total. The van der Waals surface area contributed by atoms with Gasteiger partial charge in [0.25, 0.3) is 0 Å². The van der Waals surface area contributed by atoms with E-state index in [1.807, 2.05) is 6.92 Å². The summed E-state index contributed by atoms with van der Waals surface area (Å²) in [5.41, 5.74) is -0.480. The van der Waals surface area contributed by atoms with Gasteiger partial charge in [0.05, 0.1) is 18.4 Å². The summed E-state index contributed by atoms with van der Waals surface area (Å²) in [7, 11) is 1.46. The first kappa shape index (κ1) is 18.4. The van der Waals surface area contributed by atoms with Crippen molar-refractivity contribution in [2.24, 2.45) is 11.8 Å². The molecule has 0 spiro atoms. The molecule has 0 unspecified atom stereocenters. The van der Waals surface area contributed by atoms with Crippen LogP contribution in [-0.2, 0) is 19.1 Å². The fraction of sp³-hybridized carbons (Fsp3) is 0.526. The number of benzene rings is 1. The summed E-state index contributed by atoms with van der Waals surface area (Å²) in [6, 6.07) is 5.96. The van der Waals surface area contributed by atoms with E-state index in [1.165, 1.54) is 19.2 Å². The molecule has 0 aromatic heterocycles. The monoisotopic (exact) mass is 360 g/mol. The Morgan fingerprint density at radius 2 is 1.88 bits per heavy atom. The number of phenolic OH excluding ortho intramolecular Hbond substituents is 1. The lowest BCUT2D eigenvalue weighted by Gasteiger charge is -2.32. The van der Waals surface area contributed by atoms with Crippen molar-refractivity contribution in [3.05, 3.63) is 29.8 Å². The largest absolute Gasteiger partial charge is 0.508 e. The number of rotatable bonds is 5. The van der Waals surface area contributed by atoms with Crippen molar-refractivity contribution < 1.29 is 24.2 Å². The quantitative estimate of drug-likeness (QED) is 0.608. The number of hydrogen-bond donors (Lipinski definition) is 2. The van der Waals surface area contributed by atoms with Gasteiger partial charge < -0.3 is 9.84 Å². The average molecular weight is 360 g/mol. The highest BCUT2D eigenvalue weighted by molar-refractivity contribution is 6.09. The van der Waals surface area contributed by atoms with E-state index in [4.69, 9.17) is 4.74 Å². The van der Waals surface area contributed by atoms with Crippen molar-refractivity contribution in [3.8, 4) is 5.75 Å². The summed E-state index contributed by atoms with van der Waals surface area (Å²) in [6.07, 6.45) is 1.05. The van der Waals surface area contributed by atoms with E-state index in [0.29, 0.717) is 12.8 Å². The summed E-state index contributed by atoms with van der Waals surface area (Å²) < 4.78 is 5.29. The van der Waals surface area contributed by atoms with Crippen LogP contribution < -0.4 is 5.32 Å². The fourth-order valence-electron chi connectivity index (χ4n) is 4.29. The van der Waals surface area contributed by atoms with Crippen LogP contribution in [0.25, 0.3) is 0 Å². The first-order chi connectivity index (χ1) is 12.4. The topological polar surface area (TPSA) is 95.9 Å². The first-order valence-electron chi connectivity index (χ1n) is 8.92. The Balaban J connectivity index is 2.11. The Morgan fingerprint density at radius 1 is 1.23 bits per heavy atom. The van der Waals surface area contributed by atoms with Gasteiger partial charge in [0.1, 0.15) is 11.3 Å². The van der Waals surface area contributed by atoms with E-state index in [2.05, 4.69) is 5.32 Å². The van der Waals surface area contributed by atoms with Crippen LogP contribution in [0.5, 0.6) is 5.75 Å². The van der Waals surface area contributed by atoms with Gasteiger partial charge in [-0.2, -0.15) is 0 Å². The highest BCUT2D eigenvalue weighted by atomic mass is 16.5. The number of phenols is 1. The number of fused-ring (bicyclic) bond motifs is 1. The van der Waals surface area contributed by atoms with Crippen LogP contribution >= 0.6 is 0 Å². The van der Waals surface area contributed by atoms with Crippen molar-refractivity contribution in [1.82, 2.24) is 10.2 Å². The maximum Gasteiger partial charge on any atom is 0.327 e. The van der Waals surface area contributed by atoms with E-state index in [0.717, 1.165) is 10.5 Å². The molecule has 2 saturated heterocycles. The van der Waals surface area contributed by atoms with Gasteiger partial charge in [-0.1, -0.05) is 25.5 Å². The number of imide groups is 1. The molecule has 2 amide bonds. The van der Waals surface area contributed by atoms with Gasteiger partial charge in [0.2, 0.25) is 11.8 Å². The molecule has 1 aromatic carbocycles. The predicted molar refractivity (Wildman–Crippen MR) is 93.0 cm³/mol. The van der Waals surface area contributed by atoms with Crippen molar-refractivity contribution in [1.29, 1.82) is 0 Å². The highest BCUT2D eigenvalue weighted by Gasteiger charge is 2.67. The molecule has 1 aromatic rings. The maximum atomic E-state index is 12.9. The third kappa shape index (κ3) is 2.58. The molecule has 3 rings (SSSR count). The molecule has 2 aliphatic heterocycles. The van der Waals surface area contributed by atoms with E-state index in [1.54, 1.807) is 19.1 Å². The predicted octanol–water partition coefficient (Wildman–Crippen LogP) is 1.37. The second-order valence-corrected chi connectivity index (χ2v) is 6.89. The smallest absolute Gasteiger partial charge is 0.327 e. The van der Waals surface area contributed by atoms with Crippen LogP contribution in [0.1, 0.15) is 38.3 Å². The zero-order chi connectivity index (χ0) is 19.1. The molecule has 7 nitrogen and oxygen atoms in total. The Kier molecular flexibility index (Phi) is 4.75. The number of esters is 1. The average Bonchev–Trinajstić information content (AvgIpc) is 3.07. The molecule has 0 bridgehead atoms. The number of carbonyl (C=O) groups is 3. The number of likely N-dealkylation sites (tertiary alicyclic amines) is 1. The van der Waals surface area contributed by atoms with Gasteiger partial charge in [-0.25, -0.2) is 0 Å². The lowest BCUT2D eigenvalue weighted by Crippen LogP contribution is -2.56. The number of aromatic hydroxyl groups is 1. The van der Waals surface area contributed by atoms with E-state index in [-0.39, 0.29) is 24.2 Å². The van der Waals surface area contributed by atoms with E-state index in [9.17, 15) is 19.5 Å². The van der Waals surface area contributed by atoms with Crippen LogP contribution in [-0.4, -0.2) is 47.0 Å². The van der Waals surface area contributed by atoms with Gasteiger partial charge in [-0.05, 0) is 31.0 Å². The normalized spacial score (nSPS) is 30.6. The van der Waals surface area contributed by atoms with E-state index >= 15 is 0 Å². The van der Waals surface area contributed by atoms with Crippen molar-refractivity contribution in [3.63, 3.8) is 0 Å². The van der Waals surface area contributed by atoms with Gasteiger partial charge in [-0.3, -0.25) is 24.6 Å². The van der Waals surface area contributed by atoms with Crippen molar-refractivity contribution >= 4 is 17.8 Å². The number of nitrogens with one attached hydrogen (secondary N) is 1. The standard InChI is InChI=1S/C19H24N2O5/c1-4-10-19(18(25)26-5-2)14-13(16(23)21(3)17(14)24)15(20-19)11-6-8-12(22)9-7-11/h6-9,13-15,20,22H,4-5,10H2,1-3H3/t13-,14+,15+,19-/m0/s1.